The molecule has 0 amide bonds. The van der Waals surface area contributed by atoms with Crippen molar-refractivity contribution in [2.24, 2.45) is 0 Å². The fraction of sp³-hybridized carbons (Fsp3) is 0.583. The first-order valence-corrected chi connectivity index (χ1v) is 6.52. The lowest BCUT2D eigenvalue weighted by molar-refractivity contribution is 0.0247. The Hall–Kier alpha value is -0.610. The van der Waals surface area contributed by atoms with E-state index in [1.165, 1.54) is 12.8 Å². The van der Waals surface area contributed by atoms with E-state index < -0.39 is 0 Å². The van der Waals surface area contributed by atoms with E-state index in [9.17, 15) is 0 Å². The number of aromatic nitrogens is 1. The summed E-state index contributed by atoms with van der Waals surface area (Å²) in [5.74, 6) is 0.903. The van der Waals surface area contributed by atoms with Gasteiger partial charge in [0.05, 0.1) is 10.6 Å². The van der Waals surface area contributed by atoms with E-state index in [1.807, 2.05) is 13.1 Å². The summed E-state index contributed by atoms with van der Waals surface area (Å²) in [7, 11) is 0. The average molecular weight is 285 g/mol. The van der Waals surface area contributed by atoms with Gasteiger partial charge in [0.25, 0.3) is 0 Å². The van der Waals surface area contributed by atoms with Crippen molar-refractivity contribution < 1.29 is 4.74 Å². The van der Waals surface area contributed by atoms with Crippen molar-refractivity contribution in [2.45, 2.75) is 32.3 Å². The van der Waals surface area contributed by atoms with Crippen molar-refractivity contribution in [3.63, 3.8) is 0 Å². The fourth-order valence-electron chi connectivity index (χ4n) is 1.84. The highest BCUT2D eigenvalue weighted by atomic mass is 79.9. The largest absolute Gasteiger partial charge is 0.376 e. The van der Waals surface area contributed by atoms with Crippen LogP contribution in [0.4, 0.5) is 5.82 Å². The molecular formula is C12H17BrN2O. The van der Waals surface area contributed by atoms with Crippen LogP contribution in [-0.4, -0.2) is 24.2 Å². The molecule has 0 saturated carbocycles. The monoisotopic (exact) mass is 284 g/mol. The van der Waals surface area contributed by atoms with Gasteiger partial charge in [-0.3, -0.25) is 0 Å². The fourth-order valence-corrected chi connectivity index (χ4v) is 2.45. The van der Waals surface area contributed by atoms with E-state index in [-0.39, 0.29) is 0 Å². The number of halogens is 1. The Morgan fingerprint density at radius 3 is 3.12 bits per heavy atom. The molecule has 0 radical (unpaired) electrons. The average Bonchev–Trinajstić information content (AvgIpc) is 2.29. The van der Waals surface area contributed by atoms with Crippen LogP contribution >= 0.6 is 15.9 Å². The summed E-state index contributed by atoms with van der Waals surface area (Å²) < 4.78 is 6.67. The first kappa shape index (κ1) is 11.9. The molecule has 88 valence electrons. The molecule has 1 N–H and O–H groups in total. The minimum Gasteiger partial charge on any atom is -0.376 e. The lowest BCUT2D eigenvalue weighted by atomic mass is 10.1. The maximum absolute atomic E-state index is 5.66. The van der Waals surface area contributed by atoms with E-state index in [4.69, 9.17) is 4.74 Å². The van der Waals surface area contributed by atoms with Gasteiger partial charge in [-0.1, -0.05) is 0 Å². The highest BCUT2D eigenvalue weighted by Crippen LogP contribution is 2.21. The minimum absolute atomic E-state index is 0.337. The Bertz CT molecular complexity index is 351. The Balaban J connectivity index is 1.88. The van der Waals surface area contributed by atoms with Crippen LogP contribution in [0.1, 0.15) is 24.8 Å². The molecule has 1 aromatic heterocycles. The van der Waals surface area contributed by atoms with Crippen LogP contribution in [0, 0.1) is 6.92 Å². The van der Waals surface area contributed by atoms with Crippen molar-refractivity contribution in [2.75, 3.05) is 18.5 Å². The van der Waals surface area contributed by atoms with Crippen molar-refractivity contribution >= 4 is 21.7 Å². The Morgan fingerprint density at radius 2 is 2.44 bits per heavy atom. The van der Waals surface area contributed by atoms with Crippen molar-refractivity contribution in [1.82, 2.24) is 4.98 Å². The molecule has 3 nitrogen and oxygen atoms in total. The van der Waals surface area contributed by atoms with Crippen LogP contribution in [0.3, 0.4) is 0 Å². The molecule has 16 heavy (non-hydrogen) atoms. The second-order valence-corrected chi connectivity index (χ2v) is 5.07. The second kappa shape index (κ2) is 5.64. The summed E-state index contributed by atoms with van der Waals surface area (Å²) in [6, 6.07) is 2.07. The summed E-state index contributed by atoms with van der Waals surface area (Å²) in [5, 5.41) is 3.33. The number of ether oxygens (including phenoxy) is 1. The number of nitrogens with zero attached hydrogens (tertiary/aromatic N) is 1. The van der Waals surface area contributed by atoms with E-state index in [2.05, 4.69) is 32.3 Å². The van der Waals surface area contributed by atoms with Gasteiger partial charge < -0.3 is 10.1 Å². The van der Waals surface area contributed by atoms with Gasteiger partial charge >= 0.3 is 0 Å². The molecule has 1 saturated heterocycles. The predicted molar refractivity (Wildman–Crippen MR) is 68.8 cm³/mol. The number of hydrogen-bond acceptors (Lipinski definition) is 3. The van der Waals surface area contributed by atoms with Crippen molar-refractivity contribution in [1.29, 1.82) is 0 Å². The Kier molecular flexibility index (Phi) is 4.18. The van der Waals surface area contributed by atoms with E-state index >= 15 is 0 Å². The number of rotatable bonds is 3. The molecule has 0 spiro atoms. The highest BCUT2D eigenvalue weighted by molar-refractivity contribution is 9.10. The zero-order chi connectivity index (χ0) is 11.4. The van der Waals surface area contributed by atoms with E-state index in [0.29, 0.717) is 6.10 Å². The van der Waals surface area contributed by atoms with E-state index in [0.717, 1.165) is 35.4 Å². The molecule has 1 aliphatic heterocycles. The van der Waals surface area contributed by atoms with Crippen LogP contribution in [-0.2, 0) is 4.74 Å². The van der Waals surface area contributed by atoms with Crippen LogP contribution in [0.2, 0.25) is 0 Å². The van der Waals surface area contributed by atoms with Crippen molar-refractivity contribution in [3.8, 4) is 0 Å². The molecule has 2 rings (SSSR count). The topological polar surface area (TPSA) is 34.2 Å². The third kappa shape index (κ3) is 3.19. The van der Waals surface area contributed by atoms with Gasteiger partial charge in [-0.05, 0) is 53.7 Å². The van der Waals surface area contributed by atoms with Gasteiger partial charge in [-0.25, -0.2) is 4.98 Å². The minimum atomic E-state index is 0.337. The molecule has 0 bridgehead atoms. The van der Waals surface area contributed by atoms with Crippen LogP contribution < -0.4 is 5.32 Å². The molecule has 1 fully saturated rings. The van der Waals surface area contributed by atoms with Crippen LogP contribution in [0.5, 0.6) is 0 Å². The number of hydrogen-bond donors (Lipinski definition) is 1. The highest BCUT2D eigenvalue weighted by Gasteiger charge is 2.13. The molecule has 0 aliphatic carbocycles. The van der Waals surface area contributed by atoms with Gasteiger partial charge in [-0.15, -0.1) is 0 Å². The standard InChI is InChI=1S/C12H17BrN2O/c1-9-6-11(13)12(14-7-9)15-8-10-4-2-3-5-16-10/h6-7,10H,2-5,8H2,1H3,(H,14,15). The zero-order valence-electron chi connectivity index (χ0n) is 9.50. The van der Waals surface area contributed by atoms with Gasteiger partial charge in [0.2, 0.25) is 0 Å². The SMILES string of the molecule is Cc1cnc(NCC2CCCCO2)c(Br)c1. The molecule has 1 atom stereocenters. The first-order valence-electron chi connectivity index (χ1n) is 5.73. The Morgan fingerprint density at radius 1 is 1.56 bits per heavy atom. The number of nitrogens with one attached hydrogen (secondary N) is 1. The number of pyridine rings is 1. The molecule has 1 aromatic rings. The normalized spacial score (nSPS) is 20.8. The molecule has 1 aliphatic rings. The summed E-state index contributed by atoms with van der Waals surface area (Å²) in [4.78, 5) is 4.35. The second-order valence-electron chi connectivity index (χ2n) is 4.21. The molecule has 1 unspecified atom stereocenters. The lowest BCUT2D eigenvalue weighted by Gasteiger charge is -2.23. The molecule has 4 heteroatoms. The summed E-state index contributed by atoms with van der Waals surface area (Å²) in [5.41, 5.74) is 1.16. The van der Waals surface area contributed by atoms with Gasteiger partial charge in [0, 0.05) is 19.3 Å². The van der Waals surface area contributed by atoms with Crippen LogP contribution in [0.15, 0.2) is 16.7 Å². The van der Waals surface area contributed by atoms with Crippen LogP contribution in [0.25, 0.3) is 0 Å². The predicted octanol–water partition coefficient (Wildman–Crippen LogP) is 3.13. The zero-order valence-corrected chi connectivity index (χ0v) is 11.1. The molecule has 0 aromatic carbocycles. The maximum atomic E-state index is 5.66. The first-order chi connectivity index (χ1) is 7.75. The number of aryl methyl sites for hydroxylation is 1. The lowest BCUT2D eigenvalue weighted by Crippen LogP contribution is -2.27. The molecule has 2 heterocycles. The summed E-state index contributed by atoms with van der Waals surface area (Å²) in [6.07, 6.45) is 5.83. The van der Waals surface area contributed by atoms with Gasteiger partial charge in [0.1, 0.15) is 5.82 Å². The van der Waals surface area contributed by atoms with E-state index in [1.54, 1.807) is 0 Å². The quantitative estimate of drug-likeness (QED) is 0.926. The van der Waals surface area contributed by atoms with Gasteiger partial charge in [-0.2, -0.15) is 0 Å². The maximum Gasteiger partial charge on any atom is 0.140 e. The molecular weight excluding hydrogens is 268 g/mol. The number of anilines is 1. The van der Waals surface area contributed by atoms with Crippen molar-refractivity contribution in [3.05, 3.63) is 22.3 Å². The summed E-state index contributed by atoms with van der Waals surface area (Å²) in [6.45, 7) is 3.77. The third-order valence-corrected chi connectivity index (χ3v) is 3.35. The smallest absolute Gasteiger partial charge is 0.140 e. The Labute approximate surface area is 105 Å². The van der Waals surface area contributed by atoms with Gasteiger partial charge in [0.15, 0.2) is 0 Å². The summed E-state index contributed by atoms with van der Waals surface area (Å²) >= 11 is 3.51. The third-order valence-electron chi connectivity index (χ3n) is 2.75.